The van der Waals surface area contributed by atoms with Crippen molar-refractivity contribution in [2.75, 3.05) is 13.1 Å². The van der Waals surface area contributed by atoms with E-state index in [0.717, 1.165) is 25.7 Å². The van der Waals surface area contributed by atoms with Crippen molar-refractivity contribution in [2.45, 2.75) is 52.0 Å². The average molecular weight is 290 g/mol. The van der Waals surface area contributed by atoms with E-state index in [1.165, 1.54) is 10.7 Å². The van der Waals surface area contributed by atoms with E-state index in [2.05, 4.69) is 4.72 Å². The standard InChI is InChI=1S/C12H26N4O2S/c1-3-16(4-2)19(17,18)15-11(12(13)14)10-8-6-5-7-9-10/h10-11,15H,3-9H2,1-2H3,(H3,13,14). The Balaban J connectivity index is 2.80. The fraction of sp³-hybridized carbons (Fsp3) is 0.917. The lowest BCUT2D eigenvalue weighted by molar-refractivity contribution is 0.322. The molecule has 1 rings (SSSR count). The van der Waals surface area contributed by atoms with Crippen molar-refractivity contribution in [1.29, 1.82) is 5.41 Å². The van der Waals surface area contributed by atoms with Gasteiger partial charge in [-0.05, 0) is 18.8 Å². The molecule has 112 valence electrons. The van der Waals surface area contributed by atoms with Crippen LogP contribution >= 0.6 is 0 Å². The van der Waals surface area contributed by atoms with Crippen molar-refractivity contribution in [3.8, 4) is 0 Å². The van der Waals surface area contributed by atoms with Gasteiger partial charge in [-0.3, -0.25) is 5.41 Å². The Morgan fingerprint density at radius 3 is 2.26 bits per heavy atom. The van der Waals surface area contributed by atoms with Crippen molar-refractivity contribution in [1.82, 2.24) is 9.03 Å². The molecule has 0 amide bonds. The Morgan fingerprint density at radius 2 is 1.84 bits per heavy atom. The van der Waals surface area contributed by atoms with Crippen molar-refractivity contribution in [2.24, 2.45) is 11.7 Å². The highest BCUT2D eigenvalue weighted by molar-refractivity contribution is 7.87. The molecule has 1 aliphatic rings. The predicted molar refractivity (Wildman–Crippen MR) is 77.3 cm³/mol. The average Bonchev–Trinajstić information content (AvgIpc) is 2.38. The van der Waals surface area contributed by atoms with E-state index in [9.17, 15) is 8.42 Å². The van der Waals surface area contributed by atoms with Gasteiger partial charge in [0.05, 0.1) is 6.04 Å². The first-order valence-electron chi connectivity index (χ1n) is 7.03. The molecule has 0 radical (unpaired) electrons. The van der Waals surface area contributed by atoms with Gasteiger partial charge in [-0.2, -0.15) is 17.4 Å². The molecule has 1 fully saturated rings. The molecule has 6 nitrogen and oxygen atoms in total. The quantitative estimate of drug-likeness (QED) is 0.482. The zero-order valence-electron chi connectivity index (χ0n) is 11.9. The van der Waals surface area contributed by atoms with Gasteiger partial charge in [0.1, 0.15) is 5.84 Å². The topological polar surface area (TPSA) is 99.3 Å². The lowest BCUT2D eigenvalue weighted by Gasteiger charge is -2.31. The fourth-order valence-corrected chi connectivity index (χ4v) is 4.15. The Morgan fingerprint density at radius 1 is 1.32 bits per heavy atom. The lowest BCUT2D eigenvalue weighted by atomic mass is 9.84. The molecule has 0 bridgehead atoms. The van der Waals surface area contributed by atoms with Crippen LogP contribution in [0.4, 0.5) is 0 Å². The van der Waals surface area contributed by atoms with Crippen molar-refractivity contribution in [3.05, 3.63) is 0 Å². The van der Waals surface area contributed by atoms with Gasteiger partial charge in [0.15, 0.2) is 0 Å². The summed E-state index contributed by atoms with van der Waals surface area (Å²) in [6.45, 7) is 4.43. The number of nitrogens with one attached hydrogen (secondary N) is 2. The number of hydrogen-bond acceptors (Lipinski definition) is 3. The molecule has 0 saturated heterocycles. The first kappa shape index (κ1) is 16.4. The minimum absolute atomic E-state index is 0.0809. The third-order valence-corrected chi connectivity index (χ3v) is 5.53. The van der Waals surface area contributed by atoms with Crippen LogP contribution in [0.3, 0.4) is 0 Å². The number of amidine groups is 1. The summed E-state index contributed by atoms with van der Waals surface area (Å²) >= 11 is 0. The van der Waals surface area contributed by atoms with Crippen LogP contribution < -0.4 is 10.5 Å². The van der Waals surface area contributed by atoms with Crippen LogP contribution in [-0.2, 0) is 10.2 Å². The van der Waals surface area contributed by atoms with E-state index >= 15 is 0 Å². The van der Waals surface area contributed by atoms with Crippen LogP contribution in [0.1, 0.15) is 46.0 Å². The van der Waals surface area contributed by atoms with Crippen LogP contribution in [0.15, 0.2) is 0 Å². The molecule has 0 aromatic heterocycles. The molecule has 1 saturated carbocycles. The molecule has 1 unspecified atom stereocenters. The van der Waals surface area contributed by atoms with E-state index in [0.29, 0.717) is 13.1 Å². The highest BCUT2D eigenvalue weighted by Gasteiger charge is 2.31. The normalized spacial score (nSPS) is 19.5. The van der Waals surface area contributed by atoms with Crippen LogP contribution in [0.2, 0.25) is 0 Å². The molecule has 1 aliphatic carbocycles. The predicted octanol–water partition coefficient (Wildman–Crippen LogP) is 1.05. The summed E-state index contributed by atoms with van der Waals surface area (Å²) in [5.74, 6) is 0.0687. The summed E-state index contributed by atoms with van der Waals surface area (Å²) in [5, 5.41) is 7.66. The molecule has 0 aliphatic heterocycles. The Hall–Kier alpha value is -0.660. The summed E-state index contributed by atoms with van der Waals surface area (Å²) in [5.41, 5.74) is 5.60. The third kappa shape index (κ3) is 4.43. The second-order valence-electron chi connectivity index (χ2n) is 5.04. The smallest absolute Gasteiger partial charge is 0.280 e. The van der Waals surface area contributed by atoms with Gasteiger partial charge in [0, 0.05) is 13.1 Å². The number of nitrogens with zero attached hydrogens (tertiary/aromatic N) is 1. The first-order valence-corrected chi connectivity index (χ1v) is 8.47. The van der Waals surface area contributed by atoms with E-state index < -0.39 is 16.3 Å². The van der Waals surface area contributed by atoms with Crippen LogP contribution in [0, 0.1) is 11.3 Å². The SMILES string of the molecule is CCN(CC)S(=O)(=O)NC(C(=N)N)C1CCCCC1. The highest BCUT2D eigenvalue weighted by atomic mass is 32.2. The molecular weight excluding hydrogens is 264 g/mol. The molecular formula is C12H26N4O2S. The second kappa shape index (κ2) is 7.21. The summed E-state index contributed by atoms with van der Waals surface area (Å²) in [4.78, 5) is 0. The van der Waals surface area contributed by atoms with Crippen LogP contribution in [-0.4, -0.2) is 37.7 Å². The summed E-state index contributed by atoms with van der Waals surface area (Å²) in [6.07, 6.45) is 5.23. The minimum atomic E-state index is -3.55. The van der Waals surface area contributed by atoms with Gasteiger partial charge >= 0.3 is 0 Å². The number of rotatable bonds is 7. The number of hydrogen-bond donors (Lipinski definition) is 3. The van der Waals surface area contributed by atoms with Gasteiger partial charge in [-0.15, -0.1) is 0 Å². The van der Waals surface area contributed by atoms with E-state index in [-0.39, 0.29) is 11.8 Å². The maximum atomic E-state index is 12.2. The van der Waals surface area contributed by atoms with E-state index in [4.69, 9.17) is 11.1 Å². The maximum Gasteiger partial charge on any atom is 0.280 e. The van der Waals surface area contributed by atoms with E-state index in [1.807, 2.05) is 0 Å². The molecule has 0 heterocycles. The van der Waals surface area contributed by atoms with Crippen LogP contribution in [0.25, 0.3) is 0 Å². The van der Waals surface area contributed by atoms with Gasteiger partial charge in [0.2, 0.25) is 0 Å². The van der Waals surface area contributed by atoms with Crippen LogP contribution in [0.5, 0.6) is 0 Å². The molecule has 1 atom stereocenters. The minimum Gasteiger partial charge on any atom is -0.386 e. The lowest BCUT2D eigenvalue weighted by Crippen LogP contribution is -2.53. The second-order valence-corrected chi connectivity index (χ2v) is 6.74. The third-order valence-electron chi connectivity index (χ3n) is 3.78. The number of nitrogens with two attached hydrogens (primary N) is 1. The molecule has 0 aromatic carbocycles. The summed E-state index contributed by atoms with van der Waals surface area (Å²) < 4.78 is 28.4. The van der Waals surface area contributed by atoms with Crippen molar-refractivity contribution < 1.29 is 8.42 Å². The molecule has 19 heavy (non-hydrogen) atoms. The molecule has 0 spiro atoms. The summed E-state index contributed by atoms with van der Waals surface area (Å²) in [7, 11) is -3.55. The van der Waals surface area contributed by atoms with Crippen molar-refractivity contribution in [3.63, 3.8) is 0 Å². The van der Waals surface area contributed by atoms with Gasteiger partial charge in [0.25, 0.3) is 10.2 Å². The Labute approximate surface area is 116 Å². The fourth-order valence-electron chi connectivity index (χ4n) is 2.68. The van der Waals surface area contributed by atoms with Crippen molar-refractivity contribution >= 4 is 16.0 Å². The van der Waals surface area contributed by atoms with Gasteiger partial charge < -0.3 is 5.73 Å². The monoisotopic (exact) mass is 290 g/mol. The Kier molecular flexibility index (Phi) is 6.22. The zero-order valence-corrected chi connectivity index (χ0v) is 12.7. The van der Waals surface area contributed by atoms with Gasteiger partial charge in [-0.1, -0.05) is 33.1 Å². The van der Waals surface area contributed by atoms with Gasteiger partial charge in [-0.25, -0.2) is 0 Å². The molecule has 0 aromatic rings. The maximum absolute atomic E-state index is 12.2. The first-order chi connectivity index (χ1) is 8.92. The highest BCUT2D eigenvalue weighted by Crippen LogP contribution is 2.27. The molecule has 4 N–H and O–H groups in total. The van der Waals surface area contributed by atoms with E-state index in [1.54, 1.807) is 13.8 Å². The Bertz CT molecular complexity index is 387. The molecule has 7 heteroatoms. The zero-order chi connectivity index (χ0) is 14.5. The summed E-state index contributed by atoms with van der Waals surface area (Å²) in [6, 6.07) is -0.564. The largest absolute Gasteiger partial charge is 0.386 e.